The minimum Gasteiger partial charge on any atom is -0.408 e. The van der Waals surface area contributed by atoms with Crippen molar-refractivity contribution in [1.82, 2.24) is 9.29 Å². The van der Waals surface area contributed by atoms with E-state index in [2.05, 4.69) is 25.5 Å². The second-order valence-corrected chi connectivity index (χ2v) is 10.5. The molecule has 0 spiro atoms. The fourth-order valence-corrected chi connectivity index (χ4v) is 4.68. The molecule has 0 aliphatic heterocycles. The summed E-state index contributed by atoms with van der Waals surface area (Å²) in [6.45, 7) is 10.4. The molecule has 0 radical (unpaired) electrons. The first kappa shape index (κ1) is 21.3. The van der Waals surface area contributed by atoms with Crippen LogP contribution in [0.5, 0.6) is 0 Å². The molecule has 6 nitrogen and oxygen atoms in total. The Hall–Kier alpha value is -2.38. The van der Waals surface area contributed by atoms with E-state index in [9.17, 15) is 13.2 Å². The highest BCUT2D eigenvalue weighted by atomic mass is 32.2. The number of aromatic nitrogens is 1. The van der Waals surface area contributed by atoms with Crippen molar-refractivity contribution < 1.29 is 12.8 Å². The lowest BCUT2D eigenvalue weighted by atomic mass is 9.85. The van der Waals surface area contributed by atoms with E-state index in [0.717, 1.165) is 5.56 Å². The Labute approximate surface area is 171 Å². The second kappa shape index (κ2) is 7.46. The van der Waals surface area contributed by atoms with Gasteiger partial charge in [-0.25, -0.2) is 17.9 Å². The molecule has 0 saturated carbocycles. The molecule has 1 unspecified atom stereocenters. The summed E-state index contributed by atoms with van der Waals surface area (Å²) >= 11 is 0. The van der Waals surface area contributed by atoms with Crippen LogP contribution < -0.4 is 10.5 Å². The zero-order valence-corrected chi connectivity index (χ0v) is 18.5. The minimum absolute atomic E-state index is 0.0281. The van der Waals surface area contributed by atoms with Crippen LogP contribution in [0.4, 0.5) is 0 Å². The van der Waals surface area contributed by atoms with Gasteiger partial charge >= 0.3 is 5.76 Å². The number of nitrogens with one attached hydrogen (secondary N) is 1. The maximum Gasteiger partial charge on any atom is 0.419 e. The summed E-state index contributed by atoms with van der Waals surface area (Å²) in [7, 11) is -2.23. The van der Waals surface area contributed by atoms with Gasteiger partial charge in [0.2, 0.25) is 10.0 Å². The molecule has 0 amide bonds. The van der Waals surface area contributed by atoms with Crippen molar-refractivity contribution in [2.24, 2.45) is 13.0 Å². The van der Waals surface area contributed by atoms with Crippen LogP contribution in [0.25, 0.3) is 11.1 Å². The Balaban J connectivity index is 1.94. The summed E-state index contributed by atoms with van der Waals surface area (Å²) in [4.78, 5) is 11.7. The van der Waals surface area contributed by atoms with E-state index in [0.29, 0.717) is 5.52 Å². The van der Waals surface area contributed by atoms with Crippen LogP contribution >= 0.6 is 0 Å². The lowest BCUT2D eigenvalue weighted by Gasteiger charge is -2.25. The summed E-state index contributed by atoms with van der Waals surface area (Å²) in [5.41, 5.74) is 2.92. The van der Waals surface area contributed by atoms with E-state index in [1.165, 1.54) is 22.3 Å². The molecule has 7 heteroatoms. The molecule has 0 aliphatic carbocycles. The topological polar surface area (TPSA) is 81.3 Å². The summed E-state index contributed by atoms with van der Waals surface area (Å²) in [6.07, 6.45) is 0. The third-order valence-corrected chi connectivity index (χ3v) is 6.60. The predicted molar refractivity (Wildman–Crippen MR) is 114 cm³/mol. The Bertz CT molecular complexity index is 1180. The van der Waals surface area contributed by atoms with Crippen molar-refractivity contribution in [3.63, 3.8) is 0 Å². The molecule has 29 heavy (non-hydrogen) atoms. The van der Waals surface area contributed by atoms with E-state index >= 15 is 0 Å². The van der Waals surface area contributed by atoms with Gasteiger partial charge in [0.05, 0.1) is 10.4 Å². The molecule has 156 valence electrons. The standard InChI is InChI=1S/C22H28N2O4S/c1-14(2)20(15-7-9-16(10-8-15)22(3,4)5)23-29(26,27)17-11-12-18-19(13-17)28-21(25)24(18)6/h7-14,20,23H,1-6H3. The van der Waals surface area contributed by atoms with E-state index < -0.39 is 15.8 Å². The molecular formula is C22H28N2O4S. The van der Waals surface area contributed by atoms with Crippen molar-refractivity contribution in [2.45, 2.75) is 51.0 Å². The SMILES string of the molecule is CC(C)C(NS(=O)(=O)c1ccc2c(c1)oc(=O)n2C)c1ccc(C(C)(C)C)cc1. The number of benzene rings is 2. The maximum atomic E-state index is 13.0. The van der Waals surface area contributed by atoms with Gasteiger partial charge in [-0.3, -0.25) is 4.57 Å². The Morgan fingerprint density at radius 2 is 1.66 bits per heavy atom. The van der Waals surface area contributed by atoms with Crippen LogP contribution in [0, 0.1) is 5.92 Å². The van der Waals surface area contributed by atoms with Gasteiger partial charge in [0.15, 0.2) is 5.58 Å². The Morgan fingerprint density at radius 1 is 1.03 bits per heavy atom. The number of nitrogens with zero attached hydrogens (tertiary/aromatic N) is 1. The van der Waals surface area contributed by atoms with Crippen LogP contribution in [-0.4, -0.2) is 13.0 Å². The average Bonchev–Trinajstić information content (AvgIpc) is 2.92. The first-order valence-corrected chi connectivity index (χ1v) is 11.1. The van der Waals surface area contributed by atoms with Gasteiger partial charge in [-0.05, 0) is 34.6 Å². The lowest BCUT2D eigenvalue weighted by Crippen LogP contribution is -2.32. The molecule has 1 aromatic heterocycles. The summed E-state index contributed by atoms with van der Waals surface area (Å²) in [5.74, 6) is -0.481. The number of rotatable bonds is 5. The molecule has 0 fully saturated rings. The largest absolute Gasteiger partial charge is 0.419 e. The van der Waals surface area contributed by atoms with Gasteiger partial charge in [0.25, 0.3) is 0 Å². The summed E-state index contributed by atoms with van der Waals surface area (Å²) < 4.78 is 35.4. The van der Waals surface area contributed by atoms with Gasteiger partial charge in [-0.2, -0.15) is 0 Å². The number of hydrogen-bond donors (Lipinski definition) is 1. The van der Waals surface area contributed by atoms with Crippen molar-refractivity contribution in [3.05, 3.63) is 64.1 Å². The third-order valence-electron chi connectivity index (χ3n) is 5.16. The molecule has 2 aromatic carbocycles. The van der Waals surface area contributed by atoms with E-state index in [1.54, 1.807) is 13.1 Å². The molecular weight excluding hydrogens is 388 g/mol. The molecule has 1 heterocycles. The van der Waals surface area contributed by atoms with Gasteiger partial charge < -0.3 is 4.42 Å². The third kappa shape index (κ3) is 4.31. The zero-order chi connectivity index (χ0) is 21.6. The highest BCUT2D eigenvalue weighted by Gasteiger charge is 2.25. The Morgan fingerprint density at radius 3 is 2.21 bits per heavy atom. The average molecular weight is 417 g/mol. The second-order valence-electron chi connectivity index (χ2n) is 8.77. The quantitative estimate of drug-likeness (QED) is 0.679. The van der Waals surface area contributed by atoms with Gasteiger partial charge in [0.1, 0.15) is 0 Å². The summed E-state index contributed by atoms with van der Waals surface area (Å²) in [6, 6.07) is 12.1. The van der Waals surface area contributed by atoms with Crippen LogP contribution in [-0.2, 0) is 22.5 Å². The molecule has 1 atom stereocenters. The molecule has 3 rings (SSSR count). The zero-order valence-electron chi connectivity index (χ0n) is 17.7. The van der Waals surface area contributed by atoms with Crippen LogP contribution in [0.1, 0.15) is 51.8 Å². The summed E-state index contributed by atoms with van der Waals surface area (Å²) in [5, 5.41) is 0. The molecule has 1 N–H and O–H groups in total. The van der Waals surface area contributed by atoms with Crippen molar-refractivity contribution in [1.29, 1.82) is 0 Å². The highest BCUT2D eigenvalue weighted by Crippen LogP contribution is 2.28. The van der Waals surface area contributed by atoms with Crippen molar-refractivity contribution >= 4 is 21.1 Å². The van der Waals surface area contributed by atoms with Gasteiger partial charge in [0, 0.05) is 19.2 Å². The predicted octanol–water partition coefficient (Wildman–Crippen LogP) is 4.10. The fraction of sp³-hybridized carbons (Fsp3) is 0.409. The number of oxazole rings is 1. The van der Waals surface area contributed by atoms with Crippen molar-refractivity contribution in [3.8, 4) is 0 Å². The monoisotopic (exact) mass is 416 g/mol. The molecule has 3 aromatic rings. The first-order valence-electron chi connectivity index (χ1n) is 9.62. The highest BCUT2D eigenvalue weighted by molar-refractivity contribution is 7.89. The van der Waals surface area contributed by atoms with Gasteiger partial charge in [-0.1, -0.05) is 58.9 Å². The number of sulfonamides is 1. The van der Waals surface area contributed by atoms with E-state index in [1.807, 2.05) is 38.1 Å². The number of fused-ring (bicyclic) bond motifs is 1. The normalized spacial score (nSPS) is 13.9. The molecule has 0 bridgehead atoms. The van der Waals surface area contributed by atoms with Crippen LogP contribution in [0.15, 0.2) is 56.6 Å². The van der Waals surface area contributed by atoms with E-state index in [4.69, 9.17) is 4.42 Å². The number of aryl methyl sites for hydroxylation is 1. The molecule has 0 saturated heterocycles. The van der Waals surface area contributed by atoms with E-state index in [-0.39, 0.29) is 27.9 Å². The van der Waals surface area contributed by atoms with Gasteiger partial charge in [-0.15, -0.1) is 0 Å². The maximum absolute atomic E-state index is 13.0. The van der Waals surface area contributed by atoms with Crippen LogP contribution in [0.3, 0.4) is 0 Å². The Kier molecular flexibility index (Phi) is 5.49. The molecule has 0 aliphatic rings. The van der Waals surface area contributed by atoms with Crippen molar-refractivity contribution in [2.75, 3.05) is 0 Å². The fourth-order valence-electron chi connectivity index (χ4n) is 3.30. The number of hydrogen-bond acceptors (Lipinski definition) is 4. The first-order chi connectivity index (χ1) is 13.4. The van der Waals surface area contributed by atoms with Crippen LogP contribution in [0.2, 0.25) is 0 Å². The smallest absolute Gasteiger partial charge is 0.408 e. The lowest BCUT2D eigenvalue weighted by molar-refractivity contribution is 0.462. The minimum atomic E-state index is -3.81.